The molecule has 0 aromatic heterocycles. The molecule has 2 saturated heterocycles. The van der Waals surface area contributed by atoms with Crippen LogP contribution in [-0.4, -0.2) is 35.7 Å². The van der Waals surface area contributed by atoms with E-state index >= 15 is 0 Å². The molecule has 2 bridgehead atoms. The Bertz CT molecular complexity index is 850. The maximum Gasteiger partial charge on any atom is 0.251 e. The fourth-order valence-electron chi connectivity index (χ4n) is 3.89. The molecule has 2 aliphatic rings. The van der Waals surface area contributed by atoms with E-state index in [9.17, 15) is 4.79 Å². The lowest BCUT2D eigenvalue weighted by Crippen LogP contribution is -2.42. The van der Waals surface area contributed by atoms with Crippen LogP contribution in [0.5, 0.6) is 0 Å². The van der Waals surface area contributed by atoms with Crippen LogP contribution in [-0.2, 0) is 0 Å². The van der Waals surface area contributed by atoms with Gasteiger partial charge in [-0.3, -0.25) is 4.79 Å². The topological polar surface area (TPSA) is 61.4 Å². The first-order valence-electron chi connectivity index (χ1n) is 8.44. The Morgan fingerprint density at radius 2 is 2.21 bits per heavy atom. The third-order valence-corrected chi connectivity index (χ3v) is 5.06. The Hall–Kier alpha value is -2.35. The predicted octanol–water partition coefficient (Wildman–Crippen LogP) is 1.81. The molecule has 3 atom stereocenters. The smallest absolute Gasteiger partial charge is 0.251 e. The summed E-state index contributed by atoms with van der Waals surface area (Å²) in [7, 11) is 0. The number of aliphatic hydroxyl groups excluding tert-OH is 1. The number of nitrogens with one attached hydrogen (secondary N) is 2. The lowest BCUT2D eigenvalue weighted by molar-refractivity contribution is 0.0931. The zero-order valence-electron chi connectivity index (χ0n) is 13.4. The van der Waals surface area contributed by atoms with Gasteiger partial charge >= 0.3 is 0 Å². The van der Waals surface area contributed by atoms with Gasteiger partial charge in [0.15, 0.2) is 0 Å². The second-order valence-electron chi connectivity index (χ2n) is 6.56. The van der Waals surface area contributed by atoms with Crippen LogP contribution in [0.1, 0.15) is 35.2 Å². The first-order chi connectivity index (χ1) is 11.7. The van der Waals surface area contributed by atoms with Crippen LogP contribution in [0.25, 0.3) is 10.8 Å². The second-order valence-corrected chi connectivity index (χ2v) is 6.56. The van der Waals surface area contributed by atoms with Gasteiger partial charge in [0.1, 0.15) is 6.61 Å². The molecule has 2 aromatic rings. The minimum absolute atomic E-state index is 0.0267. The van der Waals surface area contributed by atoms with E-state index < -0.39 is 0 Å². The van der Waals surface area contributed by atoms with Crippen LogP contribution in [0.15, 0.2) is 36.4 Å². The molecule has 122 valence electrons. The van der Waals surface area contributed by atoms with Gasteiger partial charge < -0.3 is 15.7 Å². The molecule has 3 N–H and O–H groups in total. The van der Waals surface area contributed by atoms with Crippen LogP contribution in [0.4, 0.5) is 0 Å². The van der Waals surface area contributed by atoms with Crippen molar-refractivity contribution in [3.63, 3.8) is 0 Å². The summed E-state index contributed by atoms with van der Waals surface area (Å²) in [5, 5.41) is 17.6. The van der Waals surface area contributed by atoms with E-state index in [0.717, 1.165) is 29.2 Å². The van der Waals surface area contributed by atoms with Gasteiger partial charge in [-0.15, -0.1) is 0 Å². The molecule has 4 rings (SSSR count). The second kappa shape index (κ2) is 6.27. The number of carbonyl (C=O) groups is 1. The van der Waals surface area contributed by atoms with Crippen molar-refractivity contribution in [2.45, 2.75) is 37.4 Å². The lowest BCUT2D eigenvalue weighted by atomic mass is 9.95. The molecule has 2 fully saturated rings. The number of rotatable bonds is 2. The molecule has 24 heavy (non-hydrogen) atoms. The van der Waals surface area contributed by atoms with E-state index in [0.29, 0.717) is 17.6 Å². The molecule has 0 spiro atoms. The monoisotopic (exact) mass is 320 g/mol. The van der Waals surface area contributed by atoms with Crippen molar-refractivity contribution in [1.29, 1.82) is 0 Å². The first kappa shape index (κ1) is 15.2. The zero-order valence-corrected chi connectivity index (χ0v) is 13.4. The molecule has 1 amide bonds. The summed E-state index contributed by atoms with van der Waals surface area (Å²) in [5.74, 6) is 5.61. The fourth-order valence-corrected chi connectivity index (χ4v) is 3.89. The normalized spacial score (nSPS) is 24.6. The van der Waals surface area contributed by atoms with E-state index in [2.05, 4.69) is 22.5 Å². The van der Waals surface area contributed by atoms with Crippen molar-refractivity contribution in [2.75, 3.05) is 6.61 Å². The summed E-state index contributed by atoms with van der Waals surface area (Å²) in [5.41, 5.74) is 1.49. The number of hydrogen-bond acceptors (Lipinski definition) is 3. The van der Waals surface area contributed by atoms with Crippen molar-refractivity contribution in [3.05, 3.63) is 47.5 Å². The third kappa shape index (κ3) is 2.77. The summed E-state index contributed by atoms with van der Waals surface area (Å²) in [6.45, 7) is -0.173. The lowest BCUT2D eigenvalue weighted by Gasteiger charge is -2.21. The van der Waals surface area contributed by atoms with Gasteiger partial charge in [0.05, 0.1) is 0 Å². The molecule has 0 saturated carbocycles. The number of benzene rings is 2. The number of carbonyl (C=O) groups excluding carboxylic acids is 1. The minimum Gasteiger partial charge on any atom is -0.384 e. The molecule has 0 radical (unpaired) electrons. The Kier molecular flexibility index (Phi) is 3.97. The number of amides is 1. The van der Waals surface area contributed by atoms with Crippen LogP contribution in [0, 0.1) is 11.8 Å². The van der Waals surface area contributed by atoms with E-state index in [4.69, 9.17) is 5.11 Å². The minimum atomic E-state index is -0.173. The average Bonchev–Trinajstić information content (AvgIpc) is 3.22. The van der Waals surface area contributed by atoms with Gasteiger partial charge in [-0.25, -0.2) is 0 Å². The fraction of sp³-hybridized carbons (Fsp3) is 0.350. The van der Waals surface area contributed by atoms with Crippen LogP contribution in [0.3, 0.4) is 0 Å². The van der Waals surface area contributed by atoms with Crippen molar-refractivity contribution >= 4 is 16.7 Å². The highest BCUT2D eigenvalue weighted by molar-refractivity contribution is 6.00. The Balaban J connectivity index is 1.60. The molecular weight excluding hydrogens is 300 g/mol. The maximum absolute atomic E-state index is 12.6. The number of hydrogen-bond donors (Lipinski definition) is 3. The van der Waals surface area contributed by atoms with Crippen LogP contribution >= 0.6 is 0 Å². The van der Waals surface area contributed by atoms with Crippen molar-refractivity contribution in [2.24, 2.45) is 0 Å². The van der Waals surface area contributed by atoms with E-state index in [1.807, 2.05) is 36.4 Å². The summed E-state index contributed by atoms with van der Waals surface area (Å²) in [6.07, 6.45) is 3.39. The highest BCUT2D eigenvalue weighted by Crippen LogP contribution is 2.28. The van der Waals surface area contributed by atoms with Gasteiger partial charge in [0.2, 0.25) is 0 Å². The standard InChI is InChI=1S/C20H20N2O2/c23-10-2-5-13-3-1-4-14-6-7-15(11-17(13)14)20(24)22-19-12-16-8-9-18(19)21-16/h1,3-4,6-7,11,16,18-19,21,23H,8-10,12H2,(H,22,24). The third-order valence-electron chi connectivity index (χ3n) is 5.06. The van der Waals surface area contributed by atoms with Gasteiger partial charge in [0.25, 0.3) is 5.91 Å². The molecule has 4 heteroatoms. The van der Waals surface area contributed by atoms with Crippen molar-refractivity contribution < 1.29 is 9.90 Å². The van der Waals surface area contributed by atoms with Gasteiger partial charge in [0, 0.05) is 29.3 Å². The summed E-state index contributed by atoms with van der Waals surface area (Å²) in [4.78, 5) is 12.6. The van der Waals surface area contributed by atoms with E-state index in [1.54, 1.807) is 0 Å². The Morgan fingerprint density at radius 3 is 2.96 bits per heavy atom. The van der Waals surface area contributed by atoms with E-state index in [-0.39, 0.29) is 18.6 Å². The molecule has 4 nitrogen and oxygen atoms in total. The molecule has 3 unspecified atom stereocenters. The van der Waals surface area contributed by atoms with Crippen LogP contribution in [0.2, 0.25) is 0 Å². The Morgan fingerprint density at radius 1 is 1.29 bits per heavy atom. The molecule has 0 aliphatic carbocycles. The predicted molar refractivity (Wildman–Crippen MR) is 93.7 cm³/mol. The van der Waals surface area contributed by atoms with Crippen LogP contribution < -0.4 is 10.6 Å². The highest BCUT2D eigenvalue weighted by atomic mass is 16.2. The number of aliphatic hydroxyl groups is 1. The largest absolute Gasteiger partial charge is 0.384 e. The van der Waals surface area contributed by atoms with Gasteiger partial charge in [-0.1, -0.05) is 30.0 Å². The highest BCUT2D eigenvalue weighted by Gasteiger charge is 2.39. The molecular formula is C20H20N2O2. The van der Waals surface area contributed by atoms with Gasteiger partial charge in [-0.05, 0) is 48.2 Å². The van der Waals surface area contributed by atoms with E-state index in [1.165, 1.54) is 6.42 Å². The molecule has 2 aromatic carbocycles. The zero-order chi connectivity index (χ0) is 16.5. The van der Waals surface area contributed by atoms with Gasteiger partial charge in [-0.2, -0.15) is 0 Å². The quantitative estimate of drug-likeness (QED) is 0.740. The average molecular weight is 320 g/mol. The molecule has 2 aliphatic heterocycles. The SMILES string of the molecule is O=C(NC1CC2CCC1N2)c1ccc2cccc(C#CCO)c2c1. The summed E-state index contributed by atoms with van der Waals surface area (Å²) in [6, 6.07) is 12.8. The number of fused-ring (bicyclic) bond motifs is 3. The molecule has 2 heterocycles. The first-order valence-corrected chi connectivity index (χ1v) is 8.44. The summed E-state index contributed by atoms with van der Waals surface area (Å²) >= 11 is 0. The van der Waals surface area contributed by atoms with Crippen molar-refractivity contribution in [3.8, 4) is 11.8 Å². The maximum atomic E-state index is 12.6. The van der Waals surface area contributed by atoms with Crippen molar-refractivity contribution in [1.82, 2.24) is 10.6 Å². The summed E-state index contributed by atoms with van der Waals surface area (Å²) < 4.78 is 0. The Labute approximate surface area is 141 Å².